The van der Waals surface area contributed by atoms with Gasteiger partial charge in [-0.3, -0.25) is 4.79 Å². The first-order valence-electron chi connectivity index (χ1n) is 2.55. The minimum absolute atomic E-state index is 0. The van der Waals surface area contributed by atoms with Crippen molar-refractivity contribution in [3.05, 3.63) is 35.9 Å². The van der Waals surface area contributed by atoms with E-state index in [1.54, 1.807) is 24.3 Å². The first-order valence-corrected chi connectivity index (χ1v) is 2.93. The Morgan fingerprint density at radius 3 is 2.00 bits per heavy atom. The van der Waals surface area contributed by atoms with Crippen LogP contribution in [-0.4, -0.2) is 10.7 Å². The van der Waals surface area contributed by atoms with E-state index in [2.05, 4.69) is 0 Å². The molecule has 1 aromatic rings. The van der Waals surface area contributed by atoms with Crippen molar-refractivity contribution >= 4 is 16.8 Å². The predicted octanol–water partition coefficient (Wildman–Crippen LogP) is 1.24. The lowest BCUT2D eigenvalue weighted by atomic mass is 10.2. The van der Waals surface area contributed by atoms with E-state index >= 15 is 0 Å². The third kappa shape index (κ3) is 2.17. The van der Waals surface area contributed by atoms with Gasteiger partial charge in [0.05, 0.1) is 0 Å². The van der Waals surface area contributed by atoms with E-state index < -0.39 is 5.24 Å². The average molecular weight is 159 g/mol. The van der Waals surface area contributed by atoms with Gasteiger partial charge in [-0.05, 0) is 11.6 Å². The van der Waals surface area contributed by atoms with E-state index in [9.17, 15) is 4.79 Å². The van der Waals surface area contributed by atoms with Crippen LogP contribution in [-0.2, 0) is 0 Å². The van der Waals surface area contributed by atoms with Gasteiger partial charge in [-0.25, -0.2) is 0 Å². The molecule has 1 rings (SSSR count). The molecular formula is C7H7ClO2. The second kappa shape index (κ2) is 4.04. The second-order valence-electron chi connectivity index (χ2n) is 1.64. The number of rotatable bonds is 1. The molecule has 10 heavy (non-hydrogen) atoms. The van der Waals surface area contributed by atoms with E-state index in [1.165, 1.54) is 0 Å². The van der Waals surface area contributed by atoms with Crippen molar-refractivity contribution in [2.24, 2.45) is 0 Å². The van der Waals surface area contributed by atoms with Crippen LogP contribution in [0.1, 0.15) is 10.4 Å². The third-order valence-electron chi connectivity index (χ3n) is 1.00. The summed E-state index contributed by atoms with van der Waals surface area (Å²) >= 11 is 5.16. The van der Waals surface area contributed by atoms with Crippen LogP contribution in [0.5, 0.6) is 0 Å². The second-order valence-corrected chi connectivity index (χ2v) is 1.98. The number of hydrogen-bond donors (Lipinski definition) is 0. The quantitative estimate of drug-likeness (QED) is 0.568. The largest absolute Gasteiger partial charge is 0.412 e. The zero-order valence-corrected chi connectivity index (χ0v) is 5.93. The van der Waals surface area contributed by atoms with Crippen molar-refractivity contribution in [2.75, 3.05) is 0 Å². The Kier molecular flexibility index (Phi) is 3.69. The van der Waals surface area contributed by atoms with Crippen molar-refractivity contribution in [2.45, 2.75) is 0 Å². The fourth-order valence-corrected chi connectivity index (χ4v) is 0.695. The molecule has 0 aliphatic rings. The van der Waals surface area contributed by atoms with Gasteiger partial charge in [0, 0.05) is 5.56 Å². The standard InChI is InChI=1S/C7H5ClO.H2O/c8-7(9)6-4-2-1-3-5-6;/h1-5H;1H2. The average Bonchev–Trinajstić information content (AvgIpc) is 1.90. The van der Waals surface area contributed by atoms with Gasteiger partial charge in [0.25, 0.3) is 5.24 Å². The van der Waals surface area contributed by atoms with Crippen molar-refractivity contribution in [3.63, 3.8) is 0 Å². The summed E-state index contributed by atoms with van der Waals surface area (Å²) in [4.78, 5) is 10.4. The summed E-state index contributed by atoms with van der Waals surface area (Å²) < 4.78 is 0. The monoisotopic (exact) mass is 158 g/mol. The lowest BCUT2D eigenvalue weighted by Gasteiger charge is -1.87. The van der Waals surface area contributed by atoms with Gasteiger partial charge in [0.2, 0.25) is 0 Å². The summed E-state index contributed by atoms with van der Waals surface area (Å²) in [7, 11) is 0. The van der Waals surface area contributed by atoms with Crippen molar-refractivity contribution < 1.29 is 10.3 Å². The van der Waals surface area contributed by atoms with Gasteiger partial charge in [0.1, 0.15) is 0 Å². The van der Waals surface area contributed by atoms with Crippen LogP contribution in [0.25, 0.3) is 0 Å². The molecule has 0 heterocycles. The van der Waals surface area contributed by atoms with Crippen LogP contribution < -0.4 is 0 Å². The summed E-state index contributed by atoms with van der Waals surface area (Å²) in [5.41, 5.74) is 0.541. The van der Waals surface area contributed by atoms with Gasteiger partial charge in [-0.1, -0.05) is 30.3 Å². The zero-order valence-electron chi connectivity index (χ0n) is 5.17. The molecule has 0 atom stereocenters. The van der Waals surface area contributed by atoms with Crippen LogP contribution in [0.4, 0.5) is 0 Å². The van der Waals surface area contributed by atoms with Gasteiger partial charge in [-0.15, -0.1) is 0 Å². The zero-order chi connectivity index (χ0) is 6.69. The minimum atomic E-state index is -0.407. The molecular weight excluding hydrogens is 152 g/mol. The molecule has 0 aromatic heterocycles. The molecule has 3 heteroatoms. The lowest BCUT2D eigenvalue weighted by Crippen LogP contribution is -1.84. The number of halogens is 1. The van der Waals surface area contributed by atoms with E-state index in [4.69, 9.17) is 11.6 Å². The first kappa shape index (κ1) is 9.14. The topological polar surface area (TPSA) is 48.6 Å². The number of benzene rings is 1. The van der Waals surface area contributed by atoms with Crippen LogP contribution in [0, 0.1) is 0 Å². The van der Waals surface area contributed by atoms with Gasteiger partial charge < -0.3 is 5.48 Å². The lowest BCUT2D eigenvalue weighted by molar-refractivity contribution is 0.108. The Labute approximate surface area is 63.7 Å². The first-order chi connectivity index (χ1) is 4.30. The molecule has 0 spiro atoms. The molecule has 54 valence electrons. The Morgan fingerprint density at radius 2 is 1.70 bits per heavy atom. The molecule has 2 nitrogen and oxygen atoms in total. The molecule has 0 aliphatic heterocycles. The SMILES string of the molecule is O.O=C(Cl)c1ccccc1. The van der Waals surface area contributed by atoms with Crippen LogP contribution >= 0.6 is 11.6 Å². The Morgan fingerprint density at radius 1 is 1.20 bits per heavy atom. The summed E-state index contributed by atoms with van der Waals surface area (Å²) in [6.07, 6.45) is 0. The van der Waals surface area contributed by atoms with Gasteiger partial charge >= 0.3 is 0 Å². The minimum Gasteiger partial charge on any atom is -0.412 e. The molecule has 0 bridgehead atoms. The van der Waals surface area contributed by atoms with E-state index in [0.29, 0.717) is 5.56 Å². The van der Waals surface area contributed by atoms with Gasteiger partial charge in [-0.2, -0.15) is 0 Å². The molecule has 0 amide bonds. The summed E-state index contributed by atoms with van der Waals surface area (Å²) in [5, 5.41) is -0.407. The molecule has 2 N–H and O–H groups in total. The Bertz CT molecular complexity index is 208. The smallest absolute Gasteiger partial charge is 0.252 e. The van der Waals surface area contributed by atoms with E-state index in [1.807, 2.05) is 6.07 Å². The fraction of sp³-hybridized carbons (Fsp3) is 0. The van der Waals surface area contributed by atoms with Crippen LogP contribution in [0.15, 0.2) is 30.3 Å². The molecule has 0 radical (unpaired) electrons. The van der Waals surface area contributed by atoms with Crippen LogP contribution in [0.3, 0.4) is 0 Å². The highest BCUT2D eigenvalue weighted by molar-refractivity contribution is 6.67. The normalized spacial score (nSPS) is 8.10. The summed E-state index contributed by atoms with van der Waals surface area (Å²) in [6.45, 7) is 0. The number of carbonyl (C=O) groups is 1. The third-order valence-corrected chi connectivity index (χ3v) is 1.22. The summed E-state index contributed by atoms with van der Waals surface area (Å²) in [5.74, 6) is 0. The highest BCUT2D eigenvalue weighted by atomic mass is 35.5. The summed E-state index contributed by atoms with van der Waals surface area (Å²) in [6, 6.07) is 8.74. The van der Waals surface area contributed by atoms with Crippen molar-refractivity contribution in [1.29, 1.82) is 0 Å². The van der Waals surface area contributed by atoms with Gasteiger partial charge in [0.15, 0.2) is 0 Å². The number of carbonyl (C=O) groups excluding carboxylic acids is 1. The maximum Gasteiger partial charge on any atom is 0.252 e. The number of hydrogen-bond acceptors (Lipinski definition) is 1. The van der Waals surface area contributed by atoms with Crippen molar-refractivity contribution in [1.82, 2.24) is 0 Å². The van der Waals surface area contributed by atoms with E-state index in [0.717, 1.165) is 0 Å². The molecule has 0 aliphatic carbocycles. The van der Waals surface area contributed by atoms with E-state index in [-0.39, 0.29) is 5.48 Å². The Hall–Kier alpha value is -0.860. The highest BCUT2D eigenvalue weighted by Crippen LogP contribution is 2.01. The van der Waals surface area contributed by atoms with Crippen molar-refractivity contribution in [3.8, 4) is 0 Å². The molecule has 0 fully saturated rings. The Balaban J connectivity index is 0.000000810. The highest BCUT2D eigenvalue weighted by Gasteiger charge is 1.95. The molecule has 0 saturated carbocycles. The maximum atomic E-state index is 10.4. The molecule has 0 saturated heterocycles. The fourth-order valence-electron chi connectivity index (χ4n) is 0.569. The van der Waals surface area contributed by atoms with Crippen LogP contribution in [0.2, 0.25) is 0 Å². The molecule has 1 aromatic carbocycles. The predicted molar refractivity (Wildman–Crippen MR) is 40.2 cm³/mol. The molecule has 0 unspecified atom stereocenters. The maximum absolute atomic E-state index is 10.4.